The van der Waals surface area contributed by atoms with Crippen LogP contribution in [0.15, 0.2) is 29.6 Å². The number of hydrogen-bond donors (Lipinski definition) is 5. The number of aliphatic hydroxyl groups is 5. The second-order valence-corrected chi connectivity index (χ2v) is 22.4. The molecule has 412 valence electrons. The van der Waals surface area contributed by atoms with E-state index in [1.54, 1.807) is 46.2 Å². The number of hydrogen-bond acceptors (Lipinski definition) is 20. The highest BCUT2D eigenvalue weighted by Crippen LogP contribution is 2.41. The Balaban J connectivity index is 1.09. The van der Waals surface area contributed by atoms with Crippen molar-refractivity contribution in [1.82, 2.24) is 24.8 Å². The summed E-state index contributed by atoms with van der Waals surface area (Å²) in [7, 11) is 5.28. The smallest absolute Gasteiger partial charge is 0.311 e. The van der Waals surface area contributed by atoms with E-state index in [1.165, 1.54) is 14.0 Å². The highest BCUT2D eigenvalue weighted by Gasteiger charge is 2.53. The molecule has 5 aliphatic heterocycles. The lowest BCUT2D eigenvalue weighted by molar-refractivity contribution is -0.318. The van der Waals surface area contributed by atoms with Gasteiger partial charge in [0.2, 0.25) is 6.79 Å². The van der Waals surface area contributed by atoms with Gasteiger partial charge in [0.25, 0.3) is 0 Å². The number of carbonyl (C=O) groups is 1. The number of benzene rings is 1. The highest BCUT2D eigenvalue weighted by atomic mass is 16.7. The fourth-order valence-electron chi connectivity index (χ4n) is 11.6. The number of fused-ring (bicyclic) bond motifs is 1. The molecule has 2 aromatic rings. The SMILES string of the molecule is CC[C@H]1OC(=O)[C@H](C)[C@@H](O[C@H]2C[C@@](C)(OC)[C@@H](O)[C@H](C)O2)[C@H](C)[C@@H](O[C@@H]2O[C@H](C)C[C@H](N(C)CCc3cn(C[C@H]4CC(c5ccc6c(c5)OCO6)=NO4)nn3)[C@H]2O)[C@](C)(O)C[C@@H](C)CN(C)[C@H](C)[C@@H](O)[C@]1(C)O. The van der Waals surface area contributed by atoms with Gasteiger partial charge in [-0.1, -0.05) is 31.1 Å². The van der Waals surface area contributed by atoms with Gasteiger partial charge in [0.05, 0.1) is 59.5 Å². The van der Waals surface area contributed by atoms with Crippen molar-refractivity contribution < 1.29 is 73.1 Å². The summed E-state index contributed by atoms with van der Waals surface area (Å²) in [6.07, 6.45) is -6.32. The molecule has 0 saturated carbocycles. The summed E-state index contributed by atoms with van der Waals surface area (Å²) >= 11 is 0. The van der Waals surface area contributed by atoms with Gasteiger partial charge in [-0.15, -0.1) is 5.10 Å². The zero-order valence-electron chi connectivity index (χ0n) is 45.1. The molecule has 7 rings (SSSR count). The lowest BCUT2D eigenvalue weighted by atomic mass is 9.77. The van der Waals surface area contributed by atoms with Crippen molar-refractivity contribution in [2.75, 3.05) is 41.1 Å². The van der Waals surface area contributed by atoms with Crippen molar-refractivity contribution in [3.63, 3.8) is 0 Å². The van der Waals surface area contributed by atoms with Crippen LogP contribution in [0.5, 0.6) is 11.5 Å². The van der Waals surface area contributed by atoms with E-state index in [1.807, 2.05) is 64.2 Å². The predicted molar refractivity (Wildman–Crippen MR) is 265 cm³/mol. The Labute approximate surface area is 430 Å². The van der Waals surface area contributed by atoms with Crippen LogP contribution in [-0.2, 0) is 51.0 Å². The van der Waals surface area contributed by atoms with Crippen LogP contribution in [0.25, 0.3) is 0 Å². The van der Waals surface area contributed by atoms with E-state index < -0.39 is 102 Å². The molecule has 0 aliphatic carbocycles. The molecule has 21 nitrogen and oxygen atoms in total. The number of oxime groups is 1. The molecule has 3 fully saturated rings. The third kappa shape index (κ3) is 12.8. The number of nitrogens with zero attached hydrogens (tertiary/aromatic N) is 6. The second kappa shape index (κ2) is 23.3. The van der Waals surface area contributed by atoms with Crippen LogP contribution in [0.2, 0.25) is 0 Å². The van der Waals surface area contributed by atoms with Crippen LogP contribution >= 0.6 is 0 Å². The molecule has 3 saturated heterocycles. The van der Waals surface area contributed by atoms with E-state index in [9.17, 15) is 30.3 Å². The average Bonchev–Trinajstić information content (AvgIpc) is 4.13. The van der Waals surface area contributed by atoms with Gasteiger partial charge in [-0.2, -0.15) is 0 Å². The van der Waals surface area contributed by atoms with Gasteiger partial charge in [0, 0.05) is 69.2 Å². The molecule has 1 aromatic heterocycles. The fourth-order valence-corrected chi connectivity index (χ4v) is 11.6. The first-order valence-electron chi connectivity index (χ1n) is 26.1. The zero-order valence-corrected chi connectivity index (χ0v) is 45.1. The van der Waals surface area contributed by atoms with E-state index in [0.717, 1.165) is 17.0 Å². The van der Waals surface area contributed by atoms with E-state index in [2.05, 4.69) is 20.4 Å². The standard InChI is InChI=1S/C52H84N6O15/c1-14-41-52(10,64)45(60)32(6)57(12)24-28(2)22-50(8,63)47(30(4)44(31(5)48(62)70-41)71-42-23-51(9,65-13)46(61)33(7)69-42)72-49-43(59)38(19-29(3)68-49)56(11)18-17-35-25-58(55-53-35)26-36-21-37(54-73-36)34-15-16-39-40(20-34)67-27-66-39/h15-16,20,25,28-33,36,38,41-47,49,59-61,63-64H,14,17-19,21-24,26-27H2,1-13H3/t28-,29-,30+,31-,32-,33+,36-,38+,41-,42+,43-,44+,45-,46+,47-,49+,50-,51-,52-/m1/s1. The minimum absolute atomic E-state index is 0.0991. The molecule has 0 unspecified atom stereocenters. The fraction of sp³-hybridized carbons (Fsp3) is 0.808. The predicted octanol–water partition coefficient (Wildman–Crippen LogP) is 3.03. The van der Waals surface area contributed by atoms with Gasteiger partial charge >= 0.3 is 5.97 Å². The lowest BCUT2D eigenvalue weighted by Crippen LogP contribution is -2.61. The van der Waals surface area contributed by atoms with Crippen molar-refractivity contribution in [2.45, 2.75) is 211 Å². The zero-order chi connectivity index (χ0) is 53.3. The van der Waals surface area contributed by atoms with Crippen molar-refractivity contribution >= 4 is 11.7 Å². The quantitative estimate of drug-likeness (QED) is 0.181. The van der Waals surface area contributed by atoms with Crippen molar-refractivity contribution in [2.24, 2.45) is 22.9 Å². The van der Waals surface area contributed by atoms with E-state index in [4.69, 9.17) is 42.7 Å². The number of rotatable bonds is 13. The van der Waals surface area contributed by atoms with Crippen LogP contribution in [0.1, 0.15) is 113 Å². The molecule has 5 N–H and O–H groups in total. The summed E-state index contributed by atoms with van der Waals surface area (Å²) in [6, 6.07) is 4.71. The number of aliphatic hydroxyl groups excluding tert-OH is 3. The Kier molecular flexibility index (Phi) is 18.3. The second-order valence-electron chi connectivity index (χ2n) is 22.4. The Morgan fingerprint density at radius 1 is 0.959 bits per heavy atom. The van der Waals surface area contributed by atoms with Gasteiger partial charge in [-0.25, -0.2) is 4.68 Å². The maximum atomic E-state index is 14.5. The first-order chi connectivity index (χ1) is 34.3. The summed E-state index contributed by atoms with van der Waals surface area (Å²) in [6.45, 7) is 19.1. The van der Waals surface area contributed by atoms with Gasteiger partial charge in [0.1, 0.15) is 30.0 Å². The first kappa shape index (κ1) is 57.1. The van der Waals surface area contributed by atoms with Gasteiger partial charge in [-0.05, 0) is 106 Å². The number of ether oxygens (including phenoxy) is 8. The topological polar surface area (TPSA) is 251 Å². The lowest BCUT2D eigenvalue weighted by Gasteiger charge is -2.49. The van der Waals surface area contributed by atoms with Crippen LogP contribution < -0.4 is 9.47 Å². The van der Waals surface area contributed by atoms with Crippen LogP contribution in [-0.4, -0.2) is 199 Å². The molecule has 73 heavy (non-hydrogen) atoms. The number of esters is 1. The van der Waals surface area contributed by atoms with E-state index >= 15 is 0 Å². The van der Waals surface area contributed by atoms with Gasteiger partial charge in [-0.3, -0.25) is 4.79 Å². The number of aromatic nitrogens is 3. The molecule has 0 amide bonds. The monoisotopic (exact) mass is 1030 g/mol. The molecule has 5 aliphatic rings. The van der Waals surface area contributed by atoms with Crippen LogP contribution in [0.3, 0.4) is 0 Å². The maximum Gasteiger partial charge on any atom is 0.311 e. The third-order valence-corrected chi connectivity index (χ3v) is 16.2. The average molecular weight is 1030 g/mol. The Morgan fingerprint density at radius 3 is 2.40 bits per heavy atom. The van der Waals surface area contributed by atoms with E-state index in [0.29, 0.717) is 50.4 Å². The number of methoxy groups -OCH3 is 1. The summed E-state index contributed by atoms with van der Waals surface area (Å²) in [5.41, 5.74) is -2.05. The molecule has 1 aromatic carbocycles. The maximum absolute atomic E-state index is 14.5. The number of likely N-dealkylation sites (N-methyl/N-ethyl adjacent to an activating group) is 2. The summed E-state index contributed by atoms with van der Waals surface area (Å²) in [5.74, 6) is -1.41. The minimum Gasteiger partial charge on any atom is -0.459 e. The highest BCUT2D eigenvalue weighted by molar-refractivity contribution is 6.01. The Hall–Kier alpha value is -3.58. The summed E-state index contributed by atoms with van der Waals surface area (Å²) < 4.78 is 51.1. The Morgan fingerprint density at radius 2 is 1.68 bits per heavy atom. The molecule has 0 radical (unpaired) electrons. The normalized spacial score (nSPS) is 41.2. The molecule has 19 atom stereocenters. The van der Waals surface area contributed by atoms with Crippen molar-refractivity contribution in [3.8, 4) is 11.5 Å². The van der Waals surface area contributed by atoms with Crippen LogP contribution in [0.4, 0.5) is 0 Å². The molecule has 6 heterocycles. The van der Waals surface area contributed by atoms with Crippen molar-refractivity contribution in [3.05, 3.63) is 35.7 Å². The number of cyclic esters (lactones) is 1. The molecule has 0 bridgehead atoms. The molecular weight excluding hydrogens is 949 g/mol. The van der Waals surface area contributed by atoms with Gasteiger partial charge < -0.3 is 78.1 Å². The van der Waals surface area contributed by atoms with Crippen molar-refractivity contribution in [1.29, 1.82) is 0 Å². The summed E-state index contributed by atoms with van der Waals surface area (Å²) in [4.78, 5) is 24.2. The largest absolute Gasteiger partial charge is 0.459 e. The summed E-state index contributed by atoms with van der Waals surface area (Å²) in [5, 5.41) is 72.9. The van der Waals surface area contributed by atoms with Gasteiger partial charge in [0.15, 0.2) is 30.2 Å². The molecular formula is C52H84N6O15. The number of carbonyl (C=O) groups excluding carboxylic acids is 1. The van der Waals surface area contributed by atoms with E-state index in [-0.39, 0.29) is 44.2 Å². The van der Waals surface area contributed by atoms with Crippen LogP contribution in [0, 0.1) is 17.8 Å². The first-order valence-corrected chi connectivity index (χ1v) is 26.1. The third-order valence-electron chi connectivity index (χ3n) is 16.2. The minimum atomic E-state index is -1.84. The molecule has 21 heteroatoms. The Bertz CT molecular complexity index is 2180. The molecule has 0 spiro atoms.